The van der Waals surface area contributed by atoms with Crippen molar-refractivity contribution in [3.8, 4) is 0 Å². The average Bonchev–Trinajstić information content (AvgIpc) is 2.58. The largest absolute Gasteiger partial charge is 0.399 e. The monoisotopic (exact) mass is 395 g/mol. The molecule has 0 saturated carbocycles. The Morgan fingerprint density at radius 3 is 1.27 bits per heavy atom. The molecule has 0 rings (SSSR count). The predicted molar refractivity (Wildman–Crippen MR) is 112 cm³/mol. The van der Waals surface area contributed by atoms with E-state index in [-0.39, 0.29) is 6.61 Å². The third-order valence-corrected chi connectivity index (χ3v) is 4.79. The van der Waals surface area contributed by atoms with Crippen LogP contribution in [-0.4, -0.2) is 48.2 Å². The molecule has 0 atom stereocenters. The van der Waals surface area contributed by atoms with Gasteiger partial charge >= 0.3 is 10.4 Å². The molecule has 0 spiro atoms. The average molecular weight is 396 g/mol. The normalized spacial score (nSPS) is 11.5. The van der Waals surface area contributed by atoms with Gasteiger partial charge in [0.15, 0.2) is 0 Å². The summed E-state index contributed by atoms with van der Waals surface area (Å²) in [5, 5.41) is 0. The van der Waals surface area contributed by atoms with Gasteiger partial charge in [-0.25, -0.2) is 4.18 Å². The second-order valence-corrected chi connectivity index (χ2v) is 8.72. The number of nitrogens with zero attached hydrogens (tertiary/aromatic N) is 1. The quantitative estimate of drug-likeness (QED) is 0.302. The Labute approximate surface area is 164 Å². The molecule has 0 aromatic carbocycles. The van der Waals surface area contributed by atoms with Gasteiger partial charge in [-0.05, 0) is 27.6 Å². The van der Waals surface area contributed by atoms with Crippen LogP contribution >= 0.6 is 0 Å². The first-order chi connectivity index (χ1) is 12.4. The van der Waals surface area contributed by atoms with E-state index in [0.29, 0.717) is 0 Å². The maximum Gasteiger partial charge on any atom is 0.399 e. The predicted octanol–water partition coefficient (Wildman–Crippen LogP) is 5.55. The van der Waals surface area contributed by atoms with Gasteiger partial charge in [0.05, 0.1) is 13.7 Å². The van der Waals surface area contributed by atoms with Crippen molar-refractivity contribution in [2.45, 2.75) is 96.8 Å². The lowest BCUT2D eigenvalue weighted by atomic mass is 10.0. The van der Waals surface area contributed by atoms with E-state index in [2.05, 4.69) is 15.3 Å². The van der Waals surface area contributed by atoms with E-state index in [4.69, 9.17) is 0 Å². The molecule has 0 aromatic heterocycles. The smallest absolute Gasteiger partial charge is 0.312 e. The van der Waals surface area contributed by atoms with E-state index in [0.717, 1.165) is 26.4 Å². The first kappa shape index (κ1) is 28.0. The molecule has 0 unspecified atom stereocenters. The highest BCUT2D eigenvalue weighted by atomic mass is 32.3. The maximum atomic E-state index is 10.9. The minimum absolute atomic E-state index is 0.230. The lowest BCUT2D eigenvalue weighted by molar-refractivity contribution is 0.238. The Hall–Kier alpha value is -0.170. The highest BCUT2D eigenvalue weighted by molar-refractivity contribution is 7.81. The molecule has 160 valence electrons. The van der Waals surface area contributed by atoms with Crippen LogP contribution in [0.1, 0.15) is 96.8 Å². The first-order valence-electron chi connectivity index (χ1n) is 10.4. The summed E-state index contributed by atoms with van der Waals surface area (Å²) in [6, 6.07) is 0. The zero-order valence-corrected chi connectivity index (χ0v) is 18.9. The fourth-order valence-electron chi connectivity index (χ4n) is 2.51. The highest BCUT2D eigenvalue weighted by Gasteiger charge is 2.07. The van der Waals surface area contributed by atoms with Crippen LogP contribution in [-0.2, 0) is 18.8 Å². The summed E-state index contributed by atoms with van der Waals surface area (Å²) in [6.07, 6.45) is 17.9. The van der Waals surface area contributed by atoms with Gasteiger partial charge in [-0.15, -0.1) is 0 Å². The molecule has 0 heterocycles. The SMILES string of the molecule is CCCCCCCCCCCCCCCCOS(=O)(=O)OC.CN(C)C. The summed E-state index contributed by atoms with van der Waals surface area (Å²) in [5.41, 5.74) is 0. The molecule has 0 aliphatic carbocycles. The van der Waals surface area contributed by atoms with Crippen molar-refractivity contribution < 1.29 is 16.8 Å². The van der Waals surface area contributed by atoms with E-state index in [1.54, 1.807) is 0 Å². The molecule has 0 aromatic rings. The number of unbranched alkanes of at least 4 members (excludes halogenated alkanes) is 13. The molecule has 0 fully saturated rings. The molecule has 0 aliphatic rings. The Kier molecular flexibility index (Phi) is 22.8. The minimum atomic E-state index is -3.74. The summed E-state index contributed by atoms with van der Waals surface area (Å²) < 4.78 is 30.6. The standard InChI is InChI=1S/C17H36O4S.C3H9N/c1-3-4-5-6-7-8-9-10-11-12-13-14-15-16-17-21-22(18,19)20-2;1-4(2)3/h3-17H2,1-2H3;1-3H3. The number of hydrogen-bond donors (Lipinski definition) is 0. The van der Waals surface area contributed by atoms with Crippen LogP contribution in [0.4, 0.5) is 0 Å². The van der Waals surface area contributed by atoms with Crippen LogP contribution in [0.25, 0.3) is 0 Å². The van der Waals surface area contributed by atoms with Gasteiger partial charge in [0.2, 0.25) is 0 Å². The molecular weight excluding hydrogens is 350 g/mol. The fraction of sp³-hybridized carbons (Fsp3) is 1.00. The zero-order chi connectivity index (χ0) is 20.1. The van der Waals surface area contributed by atoms with E-state index >= 15 is 0 Å². The number of hydrogen-bond acceptors (Lipinski definition) is 5. The van der Waals surface area contributed by atoms with Gasteiger partial charge in [0.25, 0.3) is 0 Å². The van der Waals surface area contributed by atoms with Crippen LogP contribution in [0.15, 0.2) is 0 Å². The van der Waals surface area contributed by atoms with Crippen molar-refractivity contribution in [2.75, 3.05) is 34.9 Å². The molecule has 0 N–H and O–H groups in total. The van der Waals surface area contributed by atoms with Crippen molar-refractivity contribution in [3.05, 3.63) is 0 Å². The lowest BCUT2D eigenvalue weighted by Crippen LogP contribution is -2.08. The Morgan fingerprint density at radius 1 is 0.654 bits per heavy atom. The van der Waals surface area contributed by atoms with Gasteiger partial charge < -0.3 is 4.90 Å². The summed E-state index contributed by atoms with van der Waals surface area (Å²) in [7, 11) is 3.37. The molecule has 0 amide bonds. The van der Waals surface area contributed by atoms with Crippen molar-refractivity contribution in [1.82, 2.24) is 4.90 Å². The van der Waals surface area contributed by atoms with E-state index in [1.165, 1.54) is 70.6 Å². The summed E-state index contributed by atoms with van der Waals surface area (Å²) in [4.78, 5) is 2.00. The maximum absolute atomic E-state index is 10.9. The van der Waals surface area contributed by atoms with E-state index in [1.807, 2.05) is 26.0 Å². The second kappa shape index (κ2) is 21.1. The molecule has 0 saturated heterocycles. The first-order valence-corrected chi connectivity index (χ1v) is 11.7. The van der Waals surface area contributed by atoms with Gasteiger partial charge in [-0.1, -0.05) is 90.4 Å². The van der Waals surface area contributed by atoms with Crippen LogP contribution in [0.5, 0.6) is 0 Å². The molecule has 6 heteroatoms. The lowest BCUT2D eigenvalue weighted by Gasteiger charge is -2.04. The summed E-state index contributed by atoms with van der Waals surface area (Å²) in [6.45, 7) is 2.49. The molecule has 0 radical (unpaired) electrons. The van der Waals surface area contributed by atoms with Gasteiger partial charge in [0, 0.05) is 0 Å². The Morgan fingerprint density at radius 2 is 0.962 bits per heavy atom. The van der Waals surface area contributed by atoms with Crippen molar-refractivity contribution >= 4 is 10.4 Å². The Balaban J connectivity index is 0. The Bertz CT molecular complexity index is 356. The fourth-order valence-corrected chi connectivity index (χ4v) is 2.92. The zero-order valence-electron chi connectivity index (χ0n) is 18.1. The van der Waals surface area contributed by atoms with Crippen LogP contribution in [0, 0.1) is 0 Å². The topological polar surface area (TPSA) is 55.8 Å². The van der Waals surface area contributed by atoms with Crippen molar-refractivity contribution in [1.29, 1.82) is 0 Å². The number of rotatable bonds is 17. The van der Waals surface area contributed by atoms with Gasteiger partial charge in [0.1, 0.15) is 0 Å². The molecule has 5 nitrogen and oxygen atoms in total. The van der Waals surface area contributed by atoms with Crippen molar-refractivity contribution in [2.24, 2.45) is 0 Å². The van der Waals surface area contributed by atoms with Crippen molar-refractivity contribution in [3.63, 3.8) is 0 Å². The highest BCUT2D eigenvalue weighted by Crippen LogP contribution is 2.13. The van der Waals surface area contributed by atoms with Crippen LogP contribution in [0.2, 0.25) is 0 Å². The molecule has 26 heavy (non-hydrogen) atoms. The third kappa shape index (κ3) is 28.6. The third-order valence-electron chi connectivity index (χ3n) is 3.93. The molecule has 0 aliphatic heterocycles. The van der Waals surface area contributed by atoms with Crippen LogP contribution < -0.4 is 0 Å². The summed E-state index contributed by atoms with van der Waals surface area (Å²) in [5.74, 6) is 0. The van der Waals surface area contributed by atoms with Crippen LogP contribution in [0.3, 0.4) is 0 Å². The minimum Gasteiger partial charge on any atom is -0.312 e. The van der Waals surface area contributed by atoms with Gasteiger partial charge in [-0.3, -0.25) is 4.18 Å². The second-order valence-electron chi connectivity index (χ2n) is 7.33. The van der Waals surface area contributed by atoms with Gasteiger partial charge in [-0.2, -0.15) is 8.42 Å². The summed E-state index contributed by atoms with van der Waals surface area (Å²) >= 11 is 0. The van der Waals surface area contributed by atoms with E-state index < -0.39 is 10.4 Å². The molecular formula is C20H45NO4S. The molecule has 0 bridgehead atoms. The van der Waals surface area contributed by atoms with E-state index in [9.17, 15) is 8.42 Å².